The molecule has 0 aromatic carbocycles. The van der Waals surface area contributed by atoms with E-state index < -0.39 is 0 Å². The van der Waals surface area contributed by atoms with E-state index in [2.05, 4.69) is 12.2 Å². The molecule has 2 saturated carbocycles. The second kappa shape index (κ2) is 9.34. The third-order valence-electron chi connectivity index (χ3n) is 6.76. The van der Waals surface area contributed by atoms with Gasteiger partial charge in [-0.3, -0.25) is 0 Å². The predicted octanol–water partition coefficient (Wildman–Crippen LogP) is 3.95. The van der Waals surface area contributed by atoms with E-state index in [4.69, 9.17) is 5.73 Å². The molecule has 0 amide bonds. The highest BCUT2D eigenvalue weighted by atomic mass is 16.3. The van der Waals surface area contributed by atoms with Gasteiger partial charge in [0, 0.05) is 5.92 Å². The lowest BCUT2D eigenvalue weighted by Crippen LogP contribution is -2.18. The SMILES string of the molecule is NCCCCCC1=C[C@H]2C[C@@H](O)[C@H](/C=C/[C@@H](O)CC3CCCC3)[C@H]2C1. The van der Waals surface area contributed by atoms with Crippen molar-refractivity contribution in [2.45, 2.75) is 82.8 Å². The lowest BCUT2D eigenvalue weighted by atomic mass is 9.88. The van der Waals surface area contributed by atoms with Gasteiger partial charge in [0.25, 0.3) is 0 Å². The summed E-state index contributed by atoms with van der Waals surface area (Å²) in [5.74, 6) is 2.02. The summed E-state index contributed by atoms with van der Waals surface area (Å²) in [6, 6.07) is 0. The van der Waals surface area contributed by atoms with Crippen LogP contribution in [-0.4, -0.2) is 29.0 Å². The Labute approximate surface area is 153 Å². The summed E-state index contributed by atoms with van der Waals surface area (Å²) in [5.41, 5.74) is 7.16. The molecule has 0 aromatic heterocycles. The Kier molecular flexibility index (Phi) is 7.15. The normalized spacial score (nSPS) is 34.0. The van der Waals surface area contributed by atoms with E-state index >= 15 is 0 Å². The van der Waals surface area contributed by atoms with Gasteiger partial charge in [0.15, 0.2) is 0 Å². The van der Waals surface area contributed by atoms with E-state index in [1.54, 1.807) is 5.57 Å². The molecule has 2 fully saturated rings. The van der Waals surface area contributed by atoms with Crippen LogP contribution in [0.4, 0.5) is 0 Å². The molecule has 0 saturated heterocycles. The summed E-state index contributed by atoms with van der Waals surface area (Å²) < 4.78 is 0. The molecule has 0 spiro atoms. The van der Waals surface area contributed by atoms with Crippen LogP contribution in [0.25, 0.3) is 0 Å². The molecular formula is C22H37NO2. The third kappa shape index (κ3) is 5.18. The van der Waals surface area contributed by atoms with Crippen molar-refractivity contribution in [1.82, 2.24) is 0 Å². The minimum Gasteiger partial charge on any atom is -0.392 e. The smallest absolute Gasteiger partial charge is 0.0723 e. The van der Waals surface area contributed by atoms with Crippen LogP contribution in [0.2, 0.25) is 0 Å². The molecule has 0 aliphatic heterocycles. The average Bonchev–Trinajstić information content (AvgIpc) is 3.27. The third-order valence-corrected chi connectivity index (χ3v) is 6.76. The maximum Gasteiger partial charge on any atom is 0.0723 e. The maximum atomic E-state index is 10.4. The number of aliphatic hydroxyl groups excluding tert-OH is 2. The first-order valence-electron chi connectivity index (χ1n) is 10.6. The zero-order valence-electron chi connectivity index (χ0n) is 15.7. The lowest BCUT2D eigenvalue weighted by molar-refractivity contribution is 0.139. The molecule has 3 heteroatoms. The second-order valence-corrected chi connectivity index (χ2v) is 8.67. The zero-order chi connectivity index (χ0) is 17.6. The monoisotopic (exact) mass is 347 g/mol. The predicted molar refractivity (Wildman–Crippen MR) is 103 cm³/mol. The first-order chi connectivity index (χ1) is 12.2. The molecule has 4 N–H and O–H groups in total. The van der Waals surface area contributed by atoms with E-state index in [0.717, 1.165) is 32.2 Å². The van der Waals surface area contributed by atoms with Crippen molar-refractivity contribution in [3.05, 3.63) is 23.8 Å². The number of allylic oxidation sites excluding steroid dienone is 2. The number of hydrogen-bond donors (Lipinski definition) is 3. The van der Waals surface area contributed by atoms with Crippen LogP contribution in [0.15, 0.2) is 23.8 Å². The molecule has 0 bridgehead atoms. The summed E-state index contributed by atoms with van der Waals surface area (Å²) in [5, 5.41) is 20.8. The fraction of sp³-hybridized carbons (Fsp3) is 0.818. The van der Waals surface area contributed by atoms with Crippen LogP contribution in [0.1, 0.15) is 70.6 Å². The molecule has 0 unspecified atom stereocenters. The van der Waals surface area contributed by atoms with Crippen LogP contribution in [0.3, 0.4) is 0 Å². The Bertz CT molecular complexity index is 467. The van der Waals surface area contributed by atoms with Crippen molar-refractivity contribution in [3.8, 4) is 0 Å². The summed E-state index contributed by atoms with van der Waals surface area (Å²) in [4.78, 5) is 0. The number of nitrogens with two attached hydrogens (primary N) is 1. The molecule has 3 aliphatic rings. The molecular weight excluding hydrogens is 310 g/mol. The van der Waals surface area contributed by atoms with E-state index in [9.17, 15) is 10.2 Å². The van der Waals surface area contributed by atoms with Crippen LogP contribution in [-0.2, 0) is 0 Å². The van der Waals surface area contributed by atoms with Crippen molar-refractivity contribution < 1.29 is 10.2 Å². The maximum absolute atomic E-state index is 10.4. The van der Waals surface area contributed by atoms with Gasteiger partial charge in [-0.25, -0.2) is 0 Å². The average molecular weight is 348 g/mol. The molecule has 0 aromatic rings. The van der Waals surface area contributed by atoms with Crippen LogP contribution >= 0.6 is 0 Å². The van der Waals surface area contributed by atoms with Crippen molar-refractivity contribution in [1.29, 1.82) is 0 Å². The van der Waals surface area contributed by atoms with Gasteiger partial charge in [-0.05, 0) is 62.8 Å². The molecule has 5 atom stereocenters. The largest absolute Gasteiger partial charge is 0.392 e. The quantitative estimate of drug-likeness (QED) is 0.437. The van der Waals surface area contributed by atoms with Crippen molar-refractivity contribution in [2.75, 3.05) is 6.54 Å². The lowest BCUT2D eigenvalue weighted by Gasteiger charge is -2.19. The summed E-state index contributed by atoms with van der Waals surface area (Å²) in [6.45, 7) is 0.798. The van der Waals surface area contributed by atoms with Crippen molar-refractivity contribution >= 4 is 0 Å². The van der Waals surface area contributed by atoms with Gasteiger partial charge in [0.2, 0.25) is 0 Å². The highest BCUT2D eigenvalue weighted by molar-refractivity contribution is 5.21. The number of fused-ring (bicyclic) bond motifs is 1. The summed E-state index contributed by atoms with van der Waals surface area (Å²) in [7, 11) is 0. The first-order valence-corrected chi connectivity index (χ1v) is 10.6. The standard InChI is InChI=1S/C22H37NO2/c23-11-5-1-2-8-17-12-18-15-22(25)20(21(18)14-17)10-9-19(24)13-16-6-3-4-7-16/h9-10,12,16,18-22,24-25H,1-8,11,13-15,23H2/b10-9+/t18-,19+,20+,21-,22+/m0/s1. The van der Waals surface area contributed by atoms with Crippen LogP contribution < -0.4 is 5.73 Å². The molecule has 0 heterocycles. The van der Waals surface area contributed by atoms with Crippen LogP contribution in [0, 0.1) is 23.7 Å². The summed E-state index contributed by atoms with van der Waals surface area (Å²) >= 11 is 0. The highest BCUT2D eigenvalue weighted by Crippen LogP contribution is 2.48. The fourth-order valence-corrected chi connectivity index (χ4v) is 5.39. The van der Waals surface area contributed by atoms with Gasteiger partial charge in [-0.2, -0.15) is 0 Å². The Balaban J connectivity index is 1.47. The van der Waals surface area contributed by atoms with E-state index in [-0.39, 0.29) is 18.1 Å². The van der Waals surface area contributed by atoms with E-state index in [0.29, 0.717) is 17.8 Å². The summed E-state index contributed by atoms with van der Waals surface area (Å²) in [6.07, 6.45) is 18.9. The Hall–Kier alpha value is -0.640. The Morgan fingerprint density at radius 2 is 2.00 bits per heavy atom. The van der Waals surface area contributed by atoms with Gasteiger partial charge < -0.3 is 15.9 Å². The van der Waals surface area contributed by atoms with Gasteiger partial charge >= 0.3 is 0 Å². The fourth-order valence-electron chi connectivity index (χ4n) is 5.39. The van der Waals surface area contributed by atoms with Gasteiger partial charge in [-0.1, -0.05) is 55.9 Å². The highest BCUT2D eigenvalue weighted by Gasteiger charge is 2.43. The minimum atomic E-state index is -0.334. The van der Waals surface area contributed by atoms with E-state index in [1.165, 1.54) is 44.9 Å². The number of rotatable bonds is 9. The number of unbranched alkanes of at least 4 members (excludes halogenated alkanes) is 2. The van der Waals surface area contributed by atoms with Crippen molar-refractivity contribution in [3.63, 3.8) is 0 Å². The van der Waals surface area contributed by atoms with Crippen LogP contribution in [0.5, 0.6) is 0 Å². The second-order valence-electron chi connectivity index (χ2n) is 8.67. The topological polar surface area (TPSA) is 66.5 Å². The zero-order valence-corrected chi connectivity index (χ0v) is 15.7. The Morgan fingerprint density at radius 3 is 2.76 bits per heavy atom. The number of aliphatic hydroxyl groups is 2. The minimum absolute atomic E-state index is 0.223. The van der Waals surface area contributed by atoms with Crippen molar-refractivity contribution in [2.24, 2.45) is 29.4 Å². The molecule has 25 heavy (non-hydrogen) atoms. The molecule has 3 aliphatic carbocycles. The van der Waals surface area contributed by atoms with Gasteiger partial charge in [0.1, 0.15) is 0 Å². The van der Waals surface area contributed by atoms with Gasteiger partial charge in [-0.15, -0.1) is 0 Å². The molecule has 0 radical (unpaired) electrons. The Morgan fingerprint density at radius 1 is 1.20 bits per heavy atom. The molecule has 142 valence electrons. The first kappa shape index (κ1) is 19.1. The molecule has 3 nitrogen and oxygen atoms in total. The number of hydrogen-bond acceptors (Lipinski definition) is 3. The van der Waals surface area contributed by atoms with Gasteiger partial charge in [0.05, 0.1) is 12.2 Å². The molecule has 3 rings (SSSR count). The van der Waals surface area contributed by atoms with E-state index in [1.807, 2.05) is 6.08 Å².